The molecule has 35 heavy (non-hydrogen) atoms. The number of hydrogen-bond acceptors (Lipinski definition) is 3. The Morgan fingerprint density at radius 1 is 0.914 bits per heavy atom. The van der Waals surface area contributed by atoms with Gasteiger partial charge in [-0.05, 0) is 84.4 Å². The maximum atomic E-state index is 14.3. The summed E-state index contributed by atoms with van der Waals surface area (Å²) in [6.07, 6.45) is 16.0. The first kappa shape index (κ1) is 24.8. The lowest BCUT2D eigenvalue weighted by Crippen LogP contribution is -2.68. The van der Waals surface area contributed by atoms with Crippen LogP contribution in [0.15, 0.2) is 11.6 Å². The summed E-state index contributed by atoms with van der Waals surface area (Å²) in [5.74, 6) is 4.15. The molecule has 0 radical (unpaired) electrons. The molecule has 5 aliphatic carbocycles. The van der Waals surface area contributed by atoms with Gasteiger partial charge in [0, 0.05) is 23.2 Å². The van der Waals surface area contributed by atoms with Crippen LogP contribution in [0.1, 0.15) is 99.8 Å². The van der Waals surface area contributed by atoms with Crippen molar-refractivity contribution in [2.45, 2.75) is 99.8 Å². The fourth-order valence-corrected chi connectivity index (χ4v) is 10.6. The minimum absolute atomic E-state index is 0.00549. The molecule has 8 unspecified atom stereocenters. The third-order valence-electron chi connectivity index (χ3n) is 12.8. The first-order valence-corrected chi connectivity index (χ1v) is 13.8. The fourth-order valence-electron chi connectivity index (χ4n) is 10.6. The van der Waals surface area contributed by atoms with E-state index in [2.05, 4.69) is 46.6 Å². The van der Waals surface area contributed by atoms with Gasteiger partial charge in [0.15, 0.2) is 5.78 Å². The Labute approximate surface area is 212 Å². The van der Waals surface area contributed by atoms with Crippen LogP contribution in [-0.4, -0.2) is 11.6 Å². The number of Topliss-reactive ketones (excluding diaryl/α,β-unsaturated/α-hetero) is 2. The second-order valence-electron chi connectivity index (χ2n) is 15.0. The van der Waals surface area contributed by atoms with Gasteiger partial charge in [-0.1, -0.05) is 60.5 Å². The van der Waals surface area contributed by atoms with Crippen molar-refractivity contribution in [2.75, 3.05) is 0 Å². The number of hydrogen-bond donors (Lipinski definition) is 0. The second-order valence-corrected chi connectivity index (χ2v) is 15.0. The van der Waals surface area contributed by atoms with Gasteiger partial charge >= 0.3 is 0 Å². The molecule has 0 heterocycles. The van der Waals surface area contributed by atoms with E-state index < -0.39 is 5.41 Å². The molecule has 0 bridgehead atoms. The molecule has 0 aliphatic heterocycles. The summed E-state index contributed by atoms with van der Waals surface area (Å²) in [6, 6.07) is 2.22. The van der Waals surface area contributed by atoms with Crippen LogP contribution < -0.4 is 0 Å². The minimum Gasteiger partial charge on any atom is -0.299 e. The number of carbonyl (C=O) groups excluding carboxylic acids is 2. The van der Waals surface area contributed by atoms with Crippen LogP contribution in [0.2, 0.25) is 0 Å². The molecule has 0 aromatic rings. The number of nitriles is 1. The lowest BCUT2D eigenvalue weighted by atomic mass is 9.31. The molecule has 4 fully saturated rings. The quantitative estimate of drug-likeness (QED) is 0.359. The van der Waals surface area contributed by atoms with Gasteiger partial charge in [-0.15, -0.1) is 6.42 Å². The molecular weight excluding hydrogens is 430 g/mol. The lowest BCUT2D eigenvalue weighted by Gasteiger charge is -2.71. The zero-order chi connectivity index (χ0) is 25.8. The lowest BCUT2D eigenvalue weighted by molar-refractivity contribution is -0.216. The third-order valence-corrected chi connectivity index (χ3v) is 12.8. The van der Waals surface area contributed by atoms with Crippen LogP contribution in [0, 0.1) is 79.8 Å². The van der Waals surface area contributed by atoms with E-state index in [1.54, 1.807) is 0 Å². The largest absolute Gasteiger partial charge is 0.299 e. The van der Waals surface area contributed by atoms with E-state index in [0.29, 0.717) is 17.8 Å². The first-order chi connectivity index (χ1) is 16.1. The van der Waals surface area contributed by atoms with Crippen LogP contribution in [0.4, 0.5) is 0 Å². The Hall–Kier alpha value is -1.87. The molecule has 0 spiro atoms. The summed E-state index contributed by atoms with van der Waals surface area (Å²) < 4.78 is 0. The zero-order valence-corrected chi connectivity index (χ0v) is 22.9. The van der Waals surface area contributed by atoms with E-state index >= 15 is 0 Å². The summed E-state index contributed by atoms with van der Waals surface area (Å²) in [4.78, 5) is 27.5. The summed E-state index contributed by atoms with van der Waals surface area (Å²) in [6.45, 7) is 15.8. The van der Waals surface area contributed by atoms with Gasteiger partial charge in [0.2, 0.25) is 0 Å². The highest BCUT2D eigenvalue weighted by molar-refractivity contribution is 6.04. The van der Waals surface area contributed by atoms with Gasteiger partial charge in [-0.25, -0.2) is 0 Å². The average Bonchev–Trinajstić information content (AvgIpc) is 2.77. The molecule has 8 atom stereocenters. The topological polar surface area (TPSA) is 57.9 Å². The smallest absolute Gasteiger partial charge is 0.178 e. The molecule has 0 aromatic heterocycles. The van der Waals surface area contributed by atoms with Crippen molar-refractivity contribution in [1.29, 1.82) is 5.26 Å². The van der Waals surface area contributed by atoms with Crippen molar-refractivity contribution in [3.8, 4) is 18.4 Å². The molecule has 5 aliphatic rings. The highest BCUT2D eigenvalue weighted by Crippen LogP contribution is 2.75. The predicted molar refractivity (Wildman–Crippen MR) is 138 cm³/mol. The first-order valence-electron chi connectivity index (χ1n) is 13.8. The number of nitrogens with zero attached hydrogens (tertiary/aromatic N) is 1. The maximum Gasteiger partial charge on any atom is 0.178 e. The summed E-state index contributed by atoms with van der Waals surface area (Å²) in [7, 11) is 0. The van der Waals surface area contributed by atoms with E-state index in [4.69, 9.17) is 6.42 Å². The van der Waals surface area contributed by atoms with Crippen LogP contribution in [0.3, 0.4) is 0 Å². The Morgan fingerprint density at radius 3 is 2.20 bits per heavy atom. The van der Waals surface area contributed by atoms with E-state index in [9.17, 15) is 14.9 Å². The molecule has 3 heteroatoms. The molecule has 188 valence electrons. The van der Waals surface area contributed by atoms with Gasteiger partial charge in [-0.2, -0.15) is 5.26 Å². The molecule has 0 amide bonds. The molecular formula is C32H43NO2. The molecule has 3 nitrogen and oxygen atoms in total. The van der Waals surface area contributed by atoms with Crippen LogP contribution in [-0.2, 0) is 9.59 Å². The van der Waals surface area contributed by atoms with Gasteiger partial charge < -0.3 is 0 Å². The van der Waals surface area contributed by atoms with Gasteiger partial charge in [0.05, 0.1) is 5.57 Å². The number of ketones is 2. The molecule has 5 rings (SSSR count). The van der Waals surface area contributed by atoms with Crippen molar-refractivity contribution in [1.82, 2.24) is 0 Å². The Morgan fingerprint density at radius 2 is 1.57 bits per heavy atom. The molecule has 4 saturated carbocycles. The van der Waals surface area contributed by atoms with Crippen LogP contribution in [0.5, 0.6) is 0 Å². The van der Waals surface area contributed by atoms with Crippen molar-refractivity contribution < 1.29 is 9.59 Å². The maximum absolute atomic E-state index is 14.3. The number of terminal acetylenes is 1. The summed E-state index contributed by atoms with van der Waals surface area (Å²) >= 11 is 0. The van der Waals surface area contributed by atoms with Gasteiger partial charge in [0.25, 0.3) is 0 Å². The monoisotopic (exact) mass is 473 g/mol. The van der Waals surface area contributed by atoms with Gasteiger partial charge in [0.1, 0.15) is 11.9 Å². The molecule has 0 N–H and O–H groups in total. The predicted octanol–water partition coefficient (Wildman–Crippen LogP) is 6.92. The number of fused-ring (bicyclic) bond motifs is 7. The summed E-state index contributed by atoms with van der Waals surface area (Å²) in [5.41, 5.74) is -0.725. The number of rotatable bonds is 0. The second kappa shape index (κ2) is 7.12. The third kappa shape index (κ3) is 2.91. The van der Waals surface area contributed by atoms with E-state index in [0.717, 1.165) is 44.9 Å². The molecule has 0 aromatic carbocycles. The van der Waals surface area contributed by atoms with Crippen molar-refractivity contribution in [2.24, 2.45) is 56.2 Å². The normalized spacial score (nSPS) is 49.8. The van der Waals surface area contributed by atoms with Gasteiger partial charge in [-0.3, -0.25) is 9.59 Å². The molecule has 0 saturated heterocycles. The van der Waals surface area contributed by atoms with E-state index in [1.165, 1.54) is 0 Å². The SMILES string of the molecule is C#CC12CCC(C)(C)CC1C1C(=O)CC3C4(C)C=C(C#N)C(=O)C(C)(C)C4CCC3(C)C1(C)CC2. The average molecular weight is 474 g/mol. The zero-order valence-electron chi connectivity index (χ0n) is 22.9. The van der Waals surface area contributed by atoms with Crippen LogP contribution in [0.25, 0.3) is 0 Å². The number of allylic oxidation sites excluding steroid dienone is 2. The van der Waals surface area contributed by atoms with Crippen molar-refractivity contribution >= 4 is 11.6 Å². The van der Waals surface area contributed by atoms with Crippen LogP contribution >= 0.6 is 0 Å². The van der Waals surface area contributed by atoms with E-state index in [-0.39, 0.29) is 56.5 Å². The minimum atomic E-state index is -0.588. The Bertz CT molecular complexity index is 1110. The van der Waals surface area contributed by atoms with Crippen molar-refractivity contribution in [3.05, 3.63) is 11.6 Å². The van der Waals surface area contributed by atoms with Crippen molar-refractivity contribution in [3.63, 3.8) is 0 Å². The highest BCUT2D eigenvalue weighted by Gasteiger charge is 2.72. The highest BCUT2D eigenvalue weighted by atomic mass is 16.1. The number of carbonyl (C=O) groups is 2. The summed E-state index contributed by atoms with van der Waals surface area (Å²) in [5, 5.41) is 9.86. The standard InChI is InChI=1S/C32H43NO2/c1-9-32-14-12-27(2,3)18-21(32)25-22(34)16-24-29(6)17-20(19-33)26(35)28(4,5)23(29)10-11-30(24,7)31(25,8)13-15-32/h1,17,21,23-25H,10-16,18H2,2-8H3. The fraction of sp³-hybridized carbons (Fsp3) is 0.781. The van der Waals surface area contributed by atoms with E-state index in [1.807, 2.05) is 19.9 Å². The Kier molecular flexibility index (Phi) is 5.05. The Balaban J connectivity index is 1.64.